The van der Waals surface area contributed by atoms with Crippen molar-refractivity contribution < 1.29 is 48.8 Å². The number of carbonyl (C=O) groups excluding carboxylic acids is 6. The van der Waals surface area contributed by atoms with Gasteiger partial charge < -0.3 is 35.5 Å². The standard InChI is InChI=1S/C45H64N4O10/c1-27(2)39-42(56)46-35(26-31-16-13-17-32(51)25-31)43(57)49-24-14-18-34(48-49)44(58)59-37(28(3)15-12-21-38(53)45(6,7)8)20-11-9-10-19-36(52)30(5)40(54)33(41(55)47-39)23-22-29(4)50/h9-13,15-17,19,21,25,27,30,33-37,39-40,48,51-52,54H,14,18,20,22-24,26H2,1-8H3,(H,46,56)(H,47,55)/b11-9+,19-10+,21-12+,28-15+/t30-,33+,34?,35-,36-,37-,39-,40+/m0/s1. The first kappa shape index (κ1) is 48.4. The number of carbonyl (C=O) groups is 6. The monoisotopic (exact) mass is 820 g/mol. The van der Waals surface area contributed by atoms with E-state index in [1.807, 2.05) is 20.8 Å². The van der Waals surface area contributed by atoms with Crippen LogP contribution in [0.1, 0.15) is 93.1 Å². The number of benzene rings is 1. The van der Waals surface area contributed by atoms with E-state index in [1.165, 1.54) is 36.2 Å². The number of cyclic esters (lactones) is 1. The van der Waals surface area contributed by atoms with E-state index < -0.39 is 83.3 Å². The van der Waals surface area contributed by atoms with E-state index in [4.69, 9.17) is 4.74 Å². The molecule has 0 saturated carbocycles. The van der Waals surface area contributed by atoms with Crippen molar-refractivity contribution in [1.82, 2.24) is 21.1 Å². The molecule has 6 N–H and O–H groups in total. The zero-order chi connectivity index (χ0) is 44.0. The Morgan fingerprint density at radius 1 is 1.03 bits per heavy atom. The Kier molecular flexibility index (Phi) is 18.4. The fourth-order valence-corrected chi connectivity index (χ4v) is 6.69. The lowest BCUT2D eigenvalue weighted by Crippen LogP contribution is -2.62. The van der Waals surface area contributed by atoms with Crippen molar-refractivity contribution in [3.05, 3.63) is 77.9 Å². The van der Waals surface area contributed by atoms with Gasteiger partial charge in [-0.25, -0.2) is 5.43 Å². The van der Waals surface area contributed by atoms with Gasteiger partial charge >= 0.3 is 5.97 Å². The second kappa shape index (κ2) is 22.5. The SMILES string of the molecule is CC(=O)CC[C@H]1C(=O)N[C@@H](C(C)C)C(=O)N[C@@H](Cc2cccc(O)c2)C(=O)N2CCCC(N2)C(=O)O[C@H](/C(C)=C/C=C/C(=O)C(C)(C)C)C/C=C/C=C/[C@H](O)[C@H](C)[C@H]1O. The Labute approximate surface area is 348 Å². The maximum Gasteiger partial charge on any atom is 0.325 e. The van der Waals surface area contributed by atoms with Crippen LogP contribution in [0.15, 0.2) is 72.4 Å². The van der Waals surface area contributed by atoms with Crippen molar-refractivity contribution in [2.45, 2.75) is 130 Å². The molecular formula is C45H64N4O10. The number of hydrogen-bond donors (Lipinski definition) is 6. The molecule has 2 aliphatic heterocycles. The van der Waals surface area contributed by atoms with Crippen LogP contribution in [0.4, 0.5) is 0 Å². The average molecular weight is 821 g/mol. The number of phenols is 1. The first-order valence-corrected chi connectivity index (χ1v) is 20.4. The Balaban J connectivity index is 2.08. The molecule has 14 nitrogen and oxygen atoms in total. The number of nitrogens with one attached hydrogen (secondary N) is 3. The minimum Gasteiger partial charge on any atom is -0.508 e. The first-order chi connectivity index (χ1) is 27.7. The van der Waals surface area contributed by atoms with Gasteiger partial charge in [-0.3, -0.25) is 29.0 Å². The molecule has 2 bridgehead atoms. The number of aromatic hydroxyl groups is 1. The fourth-order valence-electron chi connectivity index (χ4n) is 6.69. The van der Waals surface area contributed by atoms with Crippen molar-refractivity contribution in [3.63, 3.8) is 0 Å². The summed E-state index contributed by atoms with van der Waals surface area (Å²) in [4.78, 5) is 80.6. The number of nitrogens with zero attached hydrogens (tertiary/aromatic N) is 1. The molecule has 324 valence electrons. The van der Waals surface area contributed by atoms with Crippen LogP contribution >= 0.6 is 0 Å². The molecule has 1 saturated heterocycles. The zero-order valence-corrected chi connectivity index (χ0v) is 35.6. The maximum absolute atomic E-state index is 14.3. The highest BCUT2D eigenvalue weighted by atomic mass is 16.5. The Morgan fingerprint density at radius 2 is 1.75 bits per heavy atom. The predicted octanol–water partition coefficient (Wildman–Crippen LogP) is 3.94. The summed E-state index contributed by atoms with van der Waals surface area (Å²) in [6.07, 6.45) is 8.68. The Morgan fingerprint density at radius 3 is 2.39 bits per heavy atom. The number of rotatable bonds is 9. The number of Topliss-reactive ketones (excluding diaryl/α,β-unsaturated/α-hetero) is 1. The van der Waals surface area contributed by atoms with Gasteiger partial charge in [-0.05, 0) is 68.4 Å². The number of hydrogen-bond acceptors (Lipinski definition) is 11. The minimum atomic E-state index is -1.42. The summed E-state index contributed by atoms with van der Waals surface area (Å²) in [5.41, 5.74) is 3.60. The van der Waals surface area contributed by atoms with E-state index in [1.54, 1.807) is 70.2 Å². The molecule has 0 spiro atoms. The van der Waals surface area contributed by atoms with E-state index in [-0.39, 0.29) is 49.5 Å². The smallest absolute Gasteiger partial charge is 0.325 e. The molecule has 8 atom stereocenters. The van der Waals surface area contributed by atoms with Crippen LogP contribution in [0.3, 0.4) is 0 Å². The number of amides is 3. The van der Waals surface area contributed by atoms with Crippen molar-refractivity contribution in [3.8, 4) is 5.75 Å². The molecule has 0 aromatic heterocycles. The van der Waals surface area contributed by atoms with Crippen molar-refractivity contribution in [1.29, 1.82) is 0 Å². The Bertz CT molecular complexity index is 1780. The van der Waals surface area contributed by atoms with Crippen LogP contribution in [0.5, 0.6) is 5.75 Å². The Hall–Kier alpha value is -4.92. The lowest BCUT2D eigenvalue weighted by Gasteiger charge is -2.36. The number of allylic oxidation sites excluding steroid dienone is 5. The number of phenolic OH excluding ortho intramolecular Hbond substituents is 1. The average Bonchev–Trinajstić information content (AvgIpc) is 3.17. The molecular weight excluding hydrogens is 757 g/mol. The highest BCUT2D eigenvalue weighted by molar-refractivity contribution is 5.94. The molecule has 2 heterocycles. The molecule has 2 aliphatic rings. The number of esters is 1. The number of fused-ring (bicyclic) bond motifs is 2. The van der Waals surface area contributed by atoms with Crippen LogP contribution in [0.25, 0.3) is 0 Å². The largest absolute Gasteiger partial charge is 0.508 e. The summed E-state index contributed by atoms with van der Waals surface area (Å²) in [5.74, 6) is -5.42. The van der Waals surface area contributed by atoms with Gasteiger partial charge in [0.05, 0.1) is 18.1 Å². The van der Waals surface area contributed by atoms with Crippen LogP contribution in [0, 0.1) is 23.2 Å². The van der Waals surface area contributed by atoms with E-state index in [0.717, 1.165) is 0 Å². The summed E-state index contributed by atoms with van der Waals surface area (Å²) in [7, 11) is 0. The quantitative estimate of drug-likeness (QED) is 0.119. The fraction of sp³-hybridized carbons (Fsp3) is 0.556. The lowest BCUT2D eigenvalue weighted by atomic mass is 9.84. The molecule has 0 aliphatic carbocycles. The highest BCUT2D eigenvalue weighted by Gasteiger charge is 2.38. The molecule has 3 amide bonds. The molecule has 14 heteroatoms. The predicted molar refractivity (Wildman–Crippen MR) is 223 cm³/mol. The van der Waals surface area contributed by atoms with Crippen molar-refractivity contribution in [2.75, 3.05) is 6.54 Å². The molecule has 1 fully saturated rings. The second-order valence-electron chi connectivity index (χ2n) is 17.0. The second-order valence-corrected chi connectivity index (χ2v) is 17.0. The lowest BCUT2D eigenvalue weighted by molar-refractivity contribution is -0.156. The van der Waals surface area contributed by atoms with E-state index in [9.17, 15) is 44.1 Å². The van der Waals surface area contributed by atoms with Gasteiger partial charge in [0.2, 0.25) is 11.8 Å². The summed E-state index contributed by atoms with van der Waals surface area (Å²) in [6.45, 7) is 13.8. The van der Waals surface area contributed by atoms with Gasteiger partial charge in [0.1, 0.15) is 35.8 Å². The molecule has 0 radical (unpaired) electrons. The van der Waals surface area contributed by atoms with Gasteiger partial charge in [0, 0.05) is 37.1 Å². The first-order valence-electron chi connectivity index (χ1n) is 20.4. The molecule has 59 heavy (non-hydrogen) atoms. The number of ketones is 2. The van der Waals surface area contributed by atoms with E-state index in [2.05, 4.69) is 16.1 Å². The van der Waals surface area contributed by atoms with Gasteiger partial charge in [0.15, 0.2) is 5.78 Å². The third-order valence-electron chi connectivity index (χ3n) is 10.6. The van der Waals surface area contributed by atoms with Gasteiger partial charge in [0.25, 0.3) is 5.91 Å². The van der Waals surface area contributed by atoms with Crippen LogP contribution in [0.2, 0.25) is 0 Å². The normalized spacial score (nSPS) is 28.5. The molecule has 1 aromatic carbocycles. The molecule has 3 rings (SSSR count). The number of aliphatic hydroxyl groups is 2. The number of ether oxygens (including phenoxy) is 1. The summed E-state index contributed by atoms with van der Waals surface area (Å²) in [5, 5.41) is 39.5. The molecule has 1 aromatic rings. The van der Waals surface area contributed by atoms with Crippen molar-refractivity contribution in [2.24, 2.45) is 23.2 Å². The number of aliphatic hydroxyl groups excluding tert-OH is 2. The van der Waals surface area contributed by atoms with Gasteiger partial charge in [-0.1, -0.05) is 90.1 Å². The van der Waals surface area contributed by atoms with E-state index in [0.29, 0.717) is 24.0 Å². The highest BCUT2D eigenvalue weighted by Crippen LogP contribution is 2.24. The number of hydrazine groups is 1. The summed E-state index contributed by atoms with van der Waals surface area (Å²) in [6, 6.07) is 2.93. The van der Waals surface area contributed by atoms with Gasteiger partial charge in [-0.15, -0.1) is 0 Å². The topological polar surface area (TPSA) is 212 Å². The van der Waals surface area contributed by atoms with E-state index >= 15 is 0 Å². The third-order valence-corrected chi connectivity index (χ3v) is 10.6. The summed E-state index contributed by atoms with van der Waals surface area (Å²) < 4.78 is 6.03. The van der Waals surface area contributed by atoms with Crippen LogP contribution in [-0.2, 0) is 39.9 Å². The van der Waals surface area contributed by atoms with Gasteiger partial charge in [-0.2, -0.15) is 0 Å². The van der Waals surface area contributed by atoms with Crippen LogP contribution in [-0.4, -0.2) is 98.6 Å². The third kappa shape index (κ3) is 15.0. The summed E-state index contributed by atoms with van der Waals surface area (Å²) >= 11 is 0. The zero-order valence-electron chi connectivity index (χ0n) is 35.6. The van der Waals surface area contributed by atoms with Crippen LogP contribution < -0.4 is 16.1 Å². The van der Waals surface area contributed by atoms with Crippen molar-refractivity contribution >= 4 is 35.3 Å². The maximum atomic E-state index is 14.3. The molecule has 1 unspecified atom stereocenters. The minimum absolute atomic E-state index is 0.0261.